The molecule has 24 nitrogen and oxygen atoms in total. The summed E-state index contributed by atoms with van der Waals surface area (Å²) in [6, 6.07) is 0. The summed E-state index contributed by atoms with van der Waals surface area (Å²) in [5, 5.41) is 26.3. The molecule has 0 radical (unpaired) electrons. The predicted molar refractivity (Wildman–Crippen MR) is 205 cm³/mol. The quantitative estimate of drug-likeness (QED) is 0.0402. The van der Waals surface area contributed by atoms with Crippen LogP contribution in [0.25, 0.3) is 11.2 Å². The van der Waals surface area contributed by atoms with Crippen molar-refractivity contribution in [1.82, 2.24) is 30.2 Å². The first-order valence-corrected chi connectivity index (χ1v) is 22.9. The number of nitrogens with zero attached hydrogens (tertiary/aromatic N) is 4. The van der Waals surface area contributed by atoms with Gasteiger partial charge in [0.1, 0.15) is 36.3 Å². The van der Waals surface area contributed by atoms with Crippen molar-refractivity contribution in [2.24, 2.45) is 5.41 Å². The number of aliphatic hydroxyl groups excluding tert-OH is 2. The van der Waals surface area contributed by atoms with Gasteiger partial charge in [0, 0.05) is 37.1 Å². The number of ether oxygens (including phenoxy) is 1. The average Bonchev–Trinajstić information content (AvgIpc) is 3.69. The Hall–Kier alpha value is -2.96. The van der Waals surface area contributed by atoms with Crippen molar-refractivity contribution in [3.63, 3.8) is 0 Å². The molecule has 0 aromatic carbocycles. The number of imidazole rings is 1. The number of aliphatic hydroxyl groups is 2. The number of aromatic nitrogens is 4. The van der Waals surface area contributed by atoms with E-state index >= 15 is 0 Å². The largest absolute Gasteiger partial charge is 0.481 e. The molecule has 3 rings (SSSR count). The Morgan fingerprint density at radius 1 is 1.05 bits per heavy atom. The molecule has 0 saturated carbocycles. The zero-order valence-electron chi connectivity index (χ0n) is 31.5. The van der Waals surface area contributed by atoms with Crippen LogP contribution in [0.2, 0.25) is 0 Å². The molecule has 0 aliphatic carbocycles. The van der Waals surface area contributed by atoms with Gasteiger partial charge >= 0.3 is 23.5 Å². The highest BCUT2D eigenvalue weighted by Gasteiger charge is 2.50. The van der Waals surface area contributed by atoms with Crippen molar-refractivity contribution >= 4 is 69.1 Å². The highest BCUT2D eigenvalue weighted by atomic mass is 32.2. The molecule has 58 heavy (non-hydrogen) atoms. The van der Waals surface area contributed by atoms with Crippen LogP contribution >= 0.6 is 35.2 Å². The molecule has 2 amide bonds. The van der Waals surface area contributed by atoms with Crippen LogP contribution in [0, 0.1) is 5.41 Å². The minimum Gasteiger partial charge on any atom is -0.386 e. The number of nitrogens with one attached hydrogen (secondary N) is 2. The number of carbonyl (C=O) groups excluding carboxylic acids is 3. The van der Waals surface area contributed by atoms with Gasteiger partial charge < -0.3 is 50.9 Å². The van der Waals surface area contributed by atoms with E-state index in [0.29, 0.717) is 5.75 Å². The van der Waals surface area contributed by atoms with Gasteiger partial charge in [-0.15, -0.1) is 0 Å². The van der Waals surface area contributed by atoms with Crippen LogP contribution in [0.15, 0.2) is 37.0 Å². The maximum atomic E-state index is 12.7. The zero-order valence-corrected chi connectivity index (χ0v) is 35.0. The highest BCUT2D eigenvalue weighted by molar-refractivity contribution is 8.13. The molecule has 1 saturated heterocycles. The number of amides is 2. The van der Waals surface area contributed by atoms with Gasteiger partial charge in [-0.2, -0.15) is 4.31 Å². The van der Waals surface area contributed by atoms with Crippen molar-refractivity contribution in [2.45, 2.75) is 77.1 Å². The number of nitrogen functional groups attached to an aromatic ring is 1. The number of phosphoric acid groups is 3. The third-order valence-corrected chi connectivity index (χ3v) is 11.9. The lowest BCUT2D eigenvalue weighted by Crippen LogP contribution is -2.46. The van der Waals surface area contributed by atoms with Crippen LogP contribution in [0.1, 0.15) is 52.7 Å². The Morgan fingerprint density at radius 2 is 1.74 bits per heavy atom. The molecule has 2 aromatic heterocycles. The van der Waals surface area contributed by atoms with Crippen molar-refractivity contribution < 1.29 is 80.5 Å². The van der Waals surface area contributed by atoms with Gasteiger partial charge in [0.25, 0.3) is 0 Å². The molecule has 1 fully saturated rings. The molecule has 0 spiro atoms. The predicted octanol–water partition coefficient (Wildman–Crippen LogP) is 0.967. The Bertz CT molecular complexity index is 1930. The van der Waals surface area contributed by atoms with Crippen LogP contribution in [-0.2, 0) is 50.7 Å². The van der Waals surface area contributed by atoms with Crippen molar-refractivity contribution in [3.8, 4) is 0 Å². The normalized spacial score (nSPS) is 21.6. The summed E-state index contributed by atoms with van der Waals surface area (Å²) in [6.07, 6.45) is 2.74. The van der Waals surface area contributed by atoms with Gasteiger partial charge in [-0.05, 0) is 6.42 Å². The molecule has 3 heterocycles. The third-order valence-electron chi connectivity index (χ3n) is 7.89. The van der Waals surface area contributed by atoms with Gasteiger partial charge in [-0.25, -0.2) is 28.6 Å². The summed E-state index contributed by atoms with van der Waals surface area (Å²) in [5.74, 6) is -1.12. The van der Waals surface area contributed by atoms with Gasteiger partial charge in [0.15, 0.2) is 22.8 Å². The number of allylic oxidation sites excluding steroid dienone is 4. The second-order valence-electron chi connectivity index (χ2n) is 13.1. The standard InChI is InChI=1S/C30H48N7O17P3S/c1-4-5-6-7-8-9-10-21(39)58-14-13-32-20(38)11-12-33-28(42)25(41)30(2,3)16-51-57(48,49)54-56(46,47)50-15-19-24(53-55(43,44)45)23(40)29(52-19)37-18-36-22-26(31)34-17-35-27(22)37/h6-9,17-19,23-25,29,40-41H,4-5,10-16H2,1-3H3,(H,32,38)(H,33,42)(H,46,47)(H,48,49)(H2,31,34,35)(H2,43,44,45)/b7-6+,9-8+. The SMILES string of the molecule is CCC/C=C/C=C/CC(=O)SCCNC(=O)CCNC(=O)C(O)C(C)(C)COP(=O)(O)OP(=O)(O)OCC1OC(n2cnc3c(N)ncnc32)C(O)C1OP(=O)(O)O. The van der Waals surface area contributed by atoms with Crippen LogP contribution < -0.4 is 16.4 Å². The first kappa shape index (κ1) is 49.4. The van der Waals surface area contributed by atoms with Crippen molar-refractivity contribution in [2.75, 3.05) is 37.8 Å². The minimum absolute atomic E-state index is 0.0300. The molecule has 7 unspecified atom stereocenters. The van der Waals surface area contributed by atoms with Crippen LogP contribution in [-0.4, -0.2) is 123 Å². The number of nitrogens with two attached hydrogens (primary N) is 1. The Balaban J connectivity index is 1.45. The fourth-order valence-corrected chi connectivity index (χ4v) is 8.41. The highest BCUT2D eigenvalue weighted by Crippen LogP contribution is 2.61. The third kappa shape index (κ3) is 15.9. The molecule has 0 bridgehead atoms. The Kier molecular flexibility index (Phi) is 18.8. The van der Waals surface area contributed by atoms with Crippen LogP contribution in [0.3, 0.4) is 0 Å². The number of phosphoric ester groups is 3. The molecule has 2 aromatic rings. The lowest BCUT2D eigenvalue weighted by Gasteiger charge is -2.30. The molecule has 10 N–H and O–H groups in total. The number of unbranched alkanes of at least 4 members (excludes halogenated alkanes) is 1. The first-order chi connectivity index (χ1) is 27.1. The second kappa shape index (κ2) is 22.0. The van der Waals surface area contributed by atoms with Crippen molar-refractivity contribution in [3.05, 3.63) is 37.0 Å². The molecule has 7 atom stereocenters. The number of fused-ring (bicyclic) bond motifs is 1. The number of rotatable bonds is 24. The zero-order chi connectivity index (χ0) is 43.3. The second-order valence-corrected chi connectivity index (χ2v) is 18.5. The number of anilines is 1. The van der Waals surface area contributed by atoms with E-state index in [1.807, 2.05) is 12.2 Å². The minimum atomic E-state index is -5.57. The topological polar surface area (TPSA) is 364 Å². The summed E-state index contributed by atoms with van der Waals surface area (Å²) < 4.78 is 62.1. The first-order valence-electron chi connectivity index (χ1n) is 17.4. The molecular weight excluding hydrogens is 855 g/mol. The fraction of sp³-hybridized carbons (Fsp3) is 0.600. The van der Waals surface area contributed by atoms with E-state index in [0.717, 1.165) is 41.8 Å². The maximum Gasteiger partial charge on any atom is 0.481 e. The number of thioether (sulfide) groups is 1. The maximum absolute atomic E-state index is 12.7. The molecular formula is C30H48N7O17P3S. The van der Waals surface area contributed by atoms with Gasteiger partial charge in [0.05, 0.1) is 19.5 Å². The summed E-state index contributed by atoms with van der Waals surface area (Å²) in [4.78, 5) is 87.6. The summed E-state index contributed by atoms with van der Waals surface area (Å²) in [7, 11) is -16.4. The molecule has 28 heteroatoms. The summed E-state index contributed by atoms with van der Waals surface area (Å²) >= 11 is 1.06. The van der Waals surface area contributed by atoms with E-state index in [1.165, 1.54) is 13.8 Å². The van der Waals surface area contributed by atoms with E-state index in [9.17, 15) is 57.9 Å². The number of hydrogen-bond donors (Lipinski definition) is 9. The van der Waals surface area contributed by atoms with Crippen LogP contribution in [0.4, 0.5) is 5.82 Å². The van der Waals surface area contributed by atoms with E-state index in [4.69, 9.17) is 19.5 Å². The average molecular weight is 904 g/mol. The molecule has 1 aliphatic heterocycles. The Labute approximate surface area is 336 Å². The Morgan fingerprint density at radius 3 is 2.43 bits per heavy atom. The summed E-state index contributed by atoms with van der Waals surface area (Å²) in [6.45, 7) is 2.55. The fourth-order valence-electron chi connectivity index (χ4n) is 4.94. The smallest absolute Gasteiger partial charge is 0.386 e. The van der Waals surface area contributed by atoms with Gasteiger partial charge in [0.2, 0.25) is 11.8 Å². The van der Waals surface area contributed by atoms with Crippen molar-refractivity contribution in [1.29, 1.82) is 0 Å². The van der Waals surface area contributed by atoms with E-state index in [2.05, 4.69) is 41.3 Å². The van der Waals surface area contributed by atoms with Gasteiger partial charge in [-0.3, -0.25) is 32.5 Å². The molecule has 1 aliphatic rings. The number of carbonyl (C=O) groups is 3. The summed E-state index contributed by atoms with van der Waals surface area (Å²) in [5.41, 5.74) is 4.26. The monoisotopic (exact) mass is 903 g/mol. The van der Waals surface area contributed by atoms with E-state index in [-0.39, 0.29) is 48.0 Å². The lowest BCUT2D eigenvalue weighted by molar-refractivity contribution is -0.137. The molecule has 326 valence electrons. The van der Waals surface area contributed by atoms with E-state index < -0.39 is 84.6 Å². The van der Waals surface area contributed by atoms with Gasteiger partial charge in [-0.1, -0.05) is 63.3 Å². The number of hydrogen-bond acceptors (Lipinski definition) is 18. The van der Waals surface area contributed by atoms with E-state index in [1.54, 1.807) is 12.2 Å². The van der Waals surface area contributed by atoms with Crippen LogP contribution in [0.5, 0.6) is 0 Å². The lowest BCUT2D eigenvalue weighted by atomic mass is 9.87.